The van der Waals surface area contributed by atoms with Gasteiger partial charge in [-0.15, -0.1) is 0 Å². The topological polar surface area (TPSA) is 70.4 Å². The third kappa shape index (κ3) is 1.67. The van der Waals surface area contributed by atoms with Gasteiger partial charge >= 0.3 is 5.97 Å². The molecule has 0 fully saturated rings. The largest absolute Gasteiger partial charge is 0.479 e. The second-order valence-corrected chi connectivity index (χ2v) is 2.76. The molecular formula is C9H11NO3. The highest BCUT2D eigenvalue weighted by molar-refractivity contribution is 5.78. The first kappa shape index (κ1) is 9.67. The van der Waals surface area contributed by atoms with Crippen molar-refractivity contribution < 1.29 is 15.0 Å². The maximum Gasteiger partial charge on any atom is 0.340 e. The quantitative estimate of drug-likeness (QED) is 0.722. The zero-order valence-electron chi connectivity index (χ0n) is 7.27. The van der Waals surface area contributed by atoms with E-state index in [0.29, 0.717) is 5.56 Å². The molecule has 0 saturated heterocycles. The van der Waals surface area contributed by atoms with Crippen LogP contribution in [0.15, 0.2) is 24.5 Å². The molecule has 1 unspecified atom stereocenters. The first-order valence-corrected chi connectivity index (χ1v) is 3.97. The molecule has 1 heterocycles. The second kappa shape index (κ2) is 3.53. The van der Waals surface area contributed by atoms with Crippen LogP contribution in [0.1, 0.15) is 18.9 Å². The van der Waals surface area contributed by atoms with E-state index in [0.717, 1.165) is 0 Å². The van der Waals surface area contributed by atoms with Crippen molar-refractivity contribution >= 4 is 5.97 Å². The molecule has 0 saturated carbocycles. The summed E-state index contributed by atoms with van der Waals surface area (Å²) in [4.78, 5) is 14.5. The van der Waals surface area contributed by atoms with Crippen LogP contribution in [0, 0.1) is 0 Å². The number of carbonyl (C=O) groups is 1. The van der Waals surface area contributed by atoms with Gasteiger partial charge in [-0.3, -0.25) is 4.98 Å². The minimum Gasteiger partial charge on any atom is -0.479 e. The number of pyridine rings is 1. The normalized spacial score (nSPS) is 14.9. The number of carboxylic acids is 1. The van der Waals surface area contributed by atoms with Crippen molar-refractivity contribution in [1.29, 1.82) is 0 Å². The van der Waals surface area contributed by atoms with Crippen molar-refractivity contribution in [3.8, 4) is 0 Å². The van der Waals surface area contributed by atoms with Crippen LogP contribution in [0.25, 0.3) is 0 Å². The number of aromatic nitrogens is 1. The Labute approximate surface area is 75.9 Å². The highest BCUT2D eigenvalue weighted by Crippen LogP contribution is 2.23. The lowest BCUT2D eigenvalue weighted by molar-refractivity contribution is -0.160. The molecule has 70 valence electrons. The summed E-state index contributed by atoms with van der Waals surface area (Å²) in [6.07, 6.45) is 3.01. The smallest absolute Gasteiger partial charge is 0.340 e. The van der Waals surface area contributed by atoms with E-state index in [1.807, 2.05) is 0 Å². The van der Waals surface area contributed by atoms with Crippen molar-refractivity contribution in [2.75, 3.05) is 0 Å². The van der Waals surface area contributed by atoms with Gasteiger partial charge in [0.1, 0.15) is 0 Å². The van der Waals surface area contributed by atoms with Gasteiger partial charge in [0, 0.05) is 18.0 Å². The van der Waals surface area contributed by atoms with Crippen LogP contribution >= 0.6 is 0 Å². The molecule has 4 heteroatoms. The minimum absolute atomic E-state index is 0.119. The number of hydrogen-bond acceptors (Lipinski definition) is 3. The molecule has 1 atom stereocenters. The summed E-state index contributed by atoms with van der Waals surface area (Å²) in [5.41, 5.74) is -1.50. The molecule has 1 aromatic heterocycles. The van der Waals surface area contributed by atoms with Crippen molar-refractivity contribution in [1.82, 2.24) is 4.98 Å². The van der Waals surface area contributed by atoms with Crippen LogP contribution in [0.4, 0.5) is 0 Å². The fraction of sp³-hybridized carbons (Fsp3) is 0.333. The summed E-state index contributed by atoms with van der Waals surface area (Å²) in [5.74, 6) is -1.25. The van der Waals surface area contributed by atoms with Gasteiger partial charge in [0.15, 0.2) is 5.60 Å². The zero-order chi connectivity index (χ0) is 9.90. The summed E-state index contributed by atoms with van der Waals surface area (Å²) < 4.78 is 0. The van der Waals surface area contributed by atoms with Gasteiger partial charge in [0.05, 0.1) is 0 Å². The molecule has 1 rings (SSSR count). The Balaban J connectivity index is 3.11. The fourth-order valence-electron chi connectivity index (χ4n) is 1.09. The molecule has 0 radical (unpaired) electrons. The molecule has 1 aromatic rings. The van der Waals surface area contributed by atoms with E-state index in [4.69, 9.17) is 5.11 Å². The number of aliphatic hydroxyl groups is 1. The first-order chi connectivity index (χ1) is 6.11. The Morgan fingerprint density at radius 3 is 2.77 bits per heavy atom. The van der Waals surface area contributed by atoms with Gasteiger partial charge in [-0.25, -0.2) is 4.79 Å². The van der Waals surface area contributed by atoms with E-state index in [9.17, 15) is 9.90 Å². The molecule has 0 aliphatic rings. The van der Waals surface area contributed by atoms with E-state index < -0.39 is 11.6 Å². The average molecular weight is 181 g/mol. The SMILES string of the molecule is CCC(O)(C(=O)O)c1cccnc1. The highest BCUT2D eigenvalue weighted by Gasteiger charge is 2.35. The third-order valence-corrected chi connectivity index (χ3v) is 2.00. The lowest BCUT2D eigenvalue weighted by Crippen LogP contribution is -2.34. The number of aliphatic carboxylic acids is 1. The Bertz CT molecular complexity index is 299. The lowest BCUT2D eigenvalue weighted by Gasteiger charge is -2.21. The Morgan fingerprint density at radius 2 is 2.38 bits per heavy atom. The maximum absolute atomic E-state index is 10.8. The molecule has 0 spiro atoms. The molecule has 2 N–H and O–H groups in total. The predicted molar refractivity (Wildman–Crippen MR) is 46.1 cm³/mol. The van der Waals surface area contributed by atoms with E-state index in [-0.39, 0.29) is 6.42 Å². The fourth-order valence-corrected chi connectivity index (χ4v) is 1.09. The molecule has 0 amide bonds. The van der Waals surface area contributed by atoms with Crippen LogP contribution in [-0.2, 0) is 10.4 Å². The third-order valence-electron chi connectivity index (χ3n) is 2.00. The molecule has 4 nitrogen and oxygen atoms in total. The minimum atomic E-state index is -1.81. The Hall–Kier alpha value is -1.42. The lowest BCUT2D eigenvalue weighted by atomic mass is 9.93. The predicted octanol–water partition coefficient (Wildman–Crippen LogP) is 0.764. The molecular weight excluding hydrogens is 170 g/mol. The van der Waals surface area contributed by atoms with Crippen molar-refractivity contribution in [3.63, 3.8) is 0 Å². The van der Waals surface area contributed by atoms with Crippen LogP contribution in [-0.4, -0.2) is 21.2 Å². The van der Waals surface area contributed by atoms with Gasteiger partial charge in [0.25, 0.3) is 0 Å². The second-order valence-electron chi connectivity index (χ2n) is 2.76. The summed E-state index contributed by atoms with van der Waals surface area (Å²) in [6.45, 7) is 1.61. The number of carboxylic acid groups (broad SMARTS) is 1. The van der Waals surface area contributed by atoms with E-state index in [1.165, 1.54) is 12.4 Å². The van der Waals surface area contributed by atoms with Crippen molar-refractivity contribution in [2.45, 2.75) is 18.9 Å². The highest BCUT2D eigenvalue weighted by atomic mass is 16.4. The molecule has 0 aliphatic carbocycles. The molecule has 0 bridgehead atoms. The standard InChI is InChI=1S/C9H11NO3/c1-2-9(13,8(11)12)7-4-3-5-10-6-7/h3-6,13H,2H2,1H3,(H,11,12). The van der Waals surface area contributed by atoms with Gasteiger partial charge < -0.3 is 10.2 Å². The summed E-state index contributed by atoms with van der Waals surface area (Å²) in [6, 6.07) is 3.14. The first-order valence-electron chi connectivity index (χ1n) is 3.97. The Kier molecular flexibility index (Phi) is 2.63. The number of nitrogens with zero attached hydrogens (tertiary/aromatic N) is 1. The number of rotatable bonds is 3. The van der Waals surface area contributed by atoms with Gasteiger partial charge in [-0.1, -0.05) is 13.0 Å². The van der Waals surface area contributed by atoms with Crippen LogP contribution in [0.3, 0.4) is 0 Å². The van der Waals surface area contributed by atoms with Crippen LogP contribution in [0.2, 0.25) is 0 Å². The van der Waals surface area contributed by atoms with Crippen LogP contribution in [0.5, 0.6) is 0 Å². The van der Waals surface area contributed by atoms with Crippen LogP contribution < -0.4 is 0 Å². The zero-order valence-corrected chi connectivity index (χ0v) is 7.27. The van der Waals surface area contributed by atoms with E-state index in [2.05, 4.69) is 4.98 Å². The molecule has 0 aromatic carbocycles. The van der Waals surface area contributed by atoms with Crippen molar-refractivity contribution in [2.24, 2.45) is 0 Å². The molecule has 13 heavy (non-hydrogen) atoms. The van der Waals surface area contributed by atoms with Gasteiger partial charge in [-0.2, -0.15) is 0 Å². The van der Waals surface area contributed by atoms with Crippen molar-refractivity contribution in [3.05, 3.63) is 30.1 Å². The van der Waals surface area contributed by atoms with Gasteiger partial charge in [0.2, 0.25) is 0 Å². The summed E-state index contributed by atoms with van der Waals surface area (Å²) in [5, 5.41) is 18.5. The number of hydrogen-bond donors (Lipinski definition) is 2. The summed E-state index contributed by atoms with van der Waals surface area (Å²) in [7, 11) is 0. The molecule has 0 aliphatic heterocycles. The maximum atomic E-state index is 10.8. The summed E-state index contributed by atoms with van der Waals surface area (Å²) >= 11 is 0. The van der Waals surface area contributed by atoms with E-state index >= 15 is 0 Å². The van der Waals surface area contributed by atoms with E-state index in [1.54, 1.807) is 19.1 Å². The monoisotopic (exact) mass is 181 g/mol. The Morgan fingerprint density at radius 1 is 1.69 bits per heavy atom. The average Bonchev–Trinajstić information content (AvgIpc) is 2.17. The van der Waals surface area contributed by atoms with Gasteiger partial charge in [-0.05, 0) is 12.5 Å².